The van der Waals surface area contributed by atoms with Crippen molar-refractivity contribution in [1.29, 1.82) is 0 Å². The smallest absolute Gasteiger partial charge is 0.239 e. The lowest BCUT2D eigenvalue weighted by Crippen LogP contribution is -2.23. The maximum Gasteiger partial charge on any atom is 0.239 e. The summed E-state index contributed by atoms with van der Waals surface area (Å²) in [4.78, 5) is 4.67. The van der Waals surface area contributed by atoms with E-state index in [1.165, 1.54) is 12.1 Å². The van der Waals surface area contributed by atoms with Crippen LogP contribution in [0, 0.1) is 18.7 Å². The molecule has 1 saturated heterocycles. The Balaban J connectivity index is 1.54. The number of hydrogen-bond donors (Lipinski definition) is 2. The quantitative estimate of drug-likeness (QED) is 0.406. The average Bonchev–Trinajstić information content (AvgIpc) is 3.27. The Bertz CT molecular complexity index is 1300. The normalized spacial score (nSPS) is 14.4. The fraction of sp³-hybridized carbons (Fsp3) is 0.308. The molecule has 176 valence electrons. The van der Waals surface area contributed by atoms with Crippen LogP contribution in [0.3, 0.4) is 0 Å². The third kappa shape index (κ3) is 4.73. The van der Waals surface area contributed by atoms with Crippen LogP contribution in [0.25, 0.3) is 16.9 Å². The van der Waals surface area contributed by atoms with E-state index in [9.17, 15) is 4.39 Å². The molecule has 1 fully saturated rings. The Morgan fingerprint density at radius 3 is 2.79 bits per heavy atom. The Hall–Kier alpha value is -3.49. The maximum absolute atomic E-state index is 13.7. The molecule has 2 aromatic carbocycles. The van der Waals surface area contributed by atoms with Crippen LogP contribution in [0.15, 0.2) is 54.7 Å². The number of aryl methyl sites for hydroxylation is 1. The van der Waals surface area contributed by atoms with Crippen LogP contribution < -0.4 is 15.8 Å². The Morgan fingerprint density at radius 2 is 2.03 bits per heavy atom. The molecular formula is C26H28FN5O2. The minimum absolute atomic E-state index is 0.349. The molecule has 8 heteroatoms. The highest BCUT2D eigenvalue weighted by Gasteiger charge is 2.18. The monoisotopic (exact) mass is 461 g/mol. The molecule has 3 N–H and O–H groups in total. The van der Waals surface area contributed by atoms with E-state index in [1.807, 2.05) is 31.3 Å². The molecule has 0 aliphatic carbocycles. The molecule has 0 atom stereocenters. The standard InChI is InChI=1S/C26H28FN5O2/c1-17-11-19(5-6-20(17)14-28)24-16-30-26-23(29-15-18-7-9-33-10-8-18)13-25(31-32(24)26)34-22-4-2-3-21(27)12-22/h2-6,11-13,16,18,29H,7-10,14-15,28H2,1H3. The largest absolute Gasteiger partial charge is 0.437 e. The van der Waals surface area contributed by atoms with Gasteiger partial charge in [-0.3, -0.25) is 0 Å². The van der Waals surface area contributed by atoms with Gasteiger partial charge in [0.15, 0.2) is 5.65 Å². The number of hydrogen-bond acceptors (Lipinski definition) is 6. The number of anilines is 1. The second kappa shape index (κ2) is 9.79. The first kappa shape index (κ1) is 22.3. The summed E-state index contributed by atoms with van der Waals surface area (Å²) in [5, 5.41) is 8.23. The van der Waals surface area contributed by atoms with Crippen molar-refractivity contribution in [3.63, 3.8) is 0 Å². The van der Waals surface area contributed by atoms with Crippen molar-refractivity contribution in [1.82, 2.24) is 14.6 Å². The van der Waals surface area contributed by atoms with Gasteiger partial charge in [-0.25, -0.2) is 13.9 Å². The maximum atomic E-state index is 13.7. The number of ether oxygens (including phenoxy) is 2. The molecule has 0 saturated carbocycles. The van der Waals surface area contributed by atoms with Gasteiger partial charge in [0.25, 0.3) is 0 Å². The van der Waals surface area contributed by atoms with E-state index in [1.54, 1.807) is 16.6 Å². The van der Waals surface area contributed by atoms with Gasteiger partial charge in [-0.1, -0.05) is 18.2 Å². The van der Waals surface area contributed by atoms with Gasteiger partial charge in [0, 0.05) is 44.0 Å². The summed E-state index contributed by atoms with van der Waals surface area (Å²) in [6.07, 6.45) is 3.85. The van der Waals surface area contributed by atoms with Crippen LogP contribution in [0.2, 0.25) is 0 Å². The fourth-order valence-electron chi connectivity index (χ4n) is 4.26. The first-order valence-electron chi connectivity index (χ1n) is 11.5. The van der Waals surface area contributed by atoms with Gasteiger partial charge in [-0.2, -0.15) is 0 Å². The van der Waals surface area contributed by atoms with Gasteiger partial charge in [0.2, 0.25) is 5.88 Å². The zero-order valence-electron chi connectivity index (χ0n) is 19.1. The lowest BCUT2D eigenvalue weighted by molar-refractivity contribution is 0.0699. The van der Waals surface area contributed by atoms with Crippen LogP contribution >= 0.6 is 0 Å². The molecule has 0 bridgehead atoms. The van der Waals surface area contributed by atoms with Gasteiger partial charge in [0.1, 0.15) is 11.6 Å². The highest BCUT2D eigenvalue weighted by molar-refractivity contribution is 5.74. The number of nitrogens with zero attached hydrogens (tertiary/aromatic N) is 3. The number of nitrogens with one attached hydrogen (secondary N) is 1. The fourth-order valence-corrected chi connectivity index (χ4v) is 4.26. The molecule has 34 heavy (non-hydrogen) atoms. The van der Waals surface area contributed by atoms with Gasteiger partial charge in [-0.15, -0.1) is 5.10 Å². The number of halogens is 1. The molecule has 7 nitrogen and oxygen atoms in total. The van der Waals surface area contributed by atoms with Crippen molar-refractivity contribution < 1.29 is 13.9 Å². The van der Waals surface area contributed by atoms with Gasteiger partial charge in [0.05, 0.1) is 17.6 Å². The molecule has 1 aliphatic heterocycles. The average molecular weight is 462 g/mol. The summed E-state index contributed by atoms with van der Waals surface area (Å²) < 4.78 is 26.9. The molecule has 4 aromatic rings. The summed E-state index contributed by atoms with van der Waals surface area (Å²) in [6, 6.07) is 14.0. The summed E-state index contributed by atoms with van der Waals surface area (Å²) in [5.41, 5.74) is 11.4. The first-order chi connectivity index (χ1) is 16.6. The molecule has 0 radical (unpaired) electrons. The predicted molar refractivity (Wildman–Crippen MR) is 130 cm³/mol. The lowest BCUT2D eigenvalue weighted by atomic mass is 10.0. The first-order valence-corrected chi connectivity index (χ1v) is 11.5. The minimum Gasteiger partial charge on any atom is -0.437 e. The molecule has 2 aromatic heterocycles. The van der Waals surface area contributed by atoms with Crippen molar-refractivity contribution in [2.75, 3.05) is 25.1 Å². The van der Waals surface area contributed by atoms with Crippen LogP contribution in [0.5, 0.6) is 11.6 Å². The number of fused-ring (bicyclic) bond motifs is 1. The third-order valence-corrected chi connectivity index (χ3v) is 6.24. The number of benzene rings is 2. The van der Waals surface area contributed by atoms with Crippen LogP contribution in [-0.2, 0) is 11.3 Å². The highest BCUT2D eigenvalue weighted by Crippen LogP contribution is 2.30. The van der Waals surface area contributed by atoms with Crippen molar-refractivity contribution in [3.05, 3.63) is 71.7 Å². The molecular weight excluding hydrogens is 433 g/mol. The molecule has 0 unspecified atom stereocenters. The number of rotatable bonds is 7. The number of imidazole rings is 1. The van der Waals surface area contributed by atoms with Gasteiger partial charge in [-0.05, 0) is 55.0 Å². The highest BCUT2D eigenvalue weighted by atomic mass is 19.1. The summed E-state index contributed by atoms with van der Waals surface area (Å²) in [5.74, 6) is 0.889. The Kier molecular flexibility index (Phi) is 6.42. The van der Waals surface area contributed by atoms with Gasteiger partial charge < -0.3 is 20.5 Å². The van der Waals surface area contributed by atoms with E-state index in [-0.39, 0.29) is 5.82 Å². The summed E-state index contributed by atoms with van der Waals surface area (Å²) in [6.45, 7) is 4.91. The van der Waals surface area contributed by atoms with Crippen LogP contribution in [0.1, 0.15) is 24.0 Å². The zero-order valence-corrected chi connectivity index (χ0v) is 19.1. The lowest BCUT2D eigenvalue weighted by Gasteiger charge is -2.22. The van der Waals surface area contributed by atoms with Crippen molar-refractivity contribution in [2.45, 2.75) is 26.3 Å². The summed E-state index contributed by atoms with van der Waals surface area (Å²) >= 11 is 0. The SMILES string of the molecule is Cc1cc(-c2cnc3c(NCC4CCOCC4)cc(Oc4cccc(F)c4)nn23)ccc1CN. The third-order valence-electron chi connectivity index (χ3n) is 6.24. The van der Waals surface area contributed by atoms with E-state index in [0.29, 0.717) is 29.7 Å². The van der Waals surface area contributed by atoms with E-state index >= 15 is 0 Å². The Morgan fingerprint density at radius 1 is 1.18 bits per heavy atom. The topological polar surface area (TPSA) is 86.7 Å². The second-order valence-corrected chi connectivity index (χ2v) is 8.62. The molecule has 1 aliphatic rings. The van der Waals surface area contributed by atoms with Crippen molar-refractivity contribution in [2.24, 2.45) is 11.7 Å². The van der Waals surface area contributed by atoms with E-state index in [2.05, 4.69) is 21.5 Å². The minimum atomic E-state index is -0.366. The zero-order chi connectivity index (χ0) is 23.5. The van der Waals surface area contributed by atoms with Crippen molar-refractivity contribution >= 4 is 11.3 Å². The van der Waals surface area contributed by atoms with E-state index in [0.717, 1.165) is 60.7 Å². The van der Waals surface area contributed by atoms with Gasteiger partial charge >= 0.3 is 0 Å². The van der Waals surface area contributed by atoms with Crippen LogP contribution in [0.4, 0.5) is 10.1 Å². The number of nitrogens with two attached hydrogens (primary N) is 1. The molecule has 0 spiro atoms. The molecule has 3 heterocycles. The Labute approximate surface area is 197 Å². The molecule has 5 rings (SSSR count). The second-order valence-electron chi connectivity index (χ2n) is 8.62. The van der Waals surface area contributed by atoms with E-state index in [4.69, 9.17) is 15.2 Å². The molecule has 0 amide bonds. The predicted octanol–water partition coefficient (Wildman–Crippen LogP) is 4.93. The van der Waals surface area contributed by atoms with Crippen LogP contribution in [-0.4, -0.2) is 34.4 Å². The number of aromatic nitrogens is 3. The summed E-state index contributed by atoms with van der Waals surface area (Å²) in [7, 11) is 0. The van der Waals surface area contributed by atoms with E-state index < -0.39 is 0 Å². The van der Waals surface area contributed by atoms with Crippen molar-refractivity contribution in [3.8, 4) is 22.9 Å².